The van der Waals surface area contributed by atoms with Crippen molar-refractivity contribution in [1.29, 1.82) is 0 Å². The van der Waals surface area contributed by atoms with Crippen molar-refractivity contribution in [1.82, 2.24) is 0 Å². The third-order valence-corrected chi connectivity index (χ3v) is 7.17. The summed E-state index contributed by atoms with van der Waals surface area (Å²) in [6.45, 7) is 4.72. The highest BCUT2D eigenvalue weighted by Crippen LogP contribution is 2.37. The molecule has 0 aromatic heterocycles. The molecule has 2 nitrogen and oxygen atoms in total. The van der Waals surface area contributed by atoms with E-state index in [1.165, 1.54) is 64.2 Å². The molecule has 0 aliphatic rings. The number of halogens is 7. The summed E-state index contributed by atoms with van der Waals surface area (Å²) in [5.74, 6) is -9.43. The quantitative estimate of drug-likeness (QED) is 0.0816. The molecule has 0 aliphatic heterocycles. The Morgan fingerprint density at radius 2 is 1.05 bits per heavy atom. The molecule has 1 unspecified atom stereocenters. The standard InChI is InChI=1S/C32H43F7O2/c1-3-4-5-6-7-10-13-16-23(2)17-14-11-8-9-12-15-18-40-24-19-26(33)30(27(34)20-24)32(38,39)41-25-21-28(35)31(37)29(36)22-25/h19-23H,3-18H2,1-2H3. The molecule has 0 spiro atoms. The average Bonchev–Trinajstić information content (AvgIpc) is 2.89. The zero-order valence-corrected chi connectivity index (χ0v) is 24.2. The number of benzene rings is 2. The van der Waals surface area contributed by atoms with Crippen LogP contribution in [-0.2, 0) is 6.11 Å². The lowest BCUT2D eigenvalue weighted by Gasteiger charge is -2.20. The molecule has 41 heavy (non-hydrogen) atoms. The van der Waals surface area contributed by atoms with Gasteiger partial charge in [0.05, 0.1) is 6.61 Å². The van der Waals surface area contributed by atoms with Crippen LogP contribution in [0.5, 0.6) is 11.5 Å². The van der Waals surface area contributed by atoms with Crippen molar-refractivity contribution in [2.45, 2.75) is 116 Å². The summed E-state index contributed by atoms with van der Waals surface area (Å²) in [4.78, 5) is 0. The Kier molecular flexibility index (Phi) is 15.4. The van der Waals surface area contributed by atoms with E-state index in [0.29, 0.717) is 18.6 Å². The summed E-state index contributed by atoms with van der Waals surface area (Å²) in [6, 6.07) is 1.49. The van der Waals surface area contributed by atoms with Gasteiger partial charge in [-0.1, -0.05) is 104 Å². The highest BCUT2D eigenvalue weighted by Gasteiger charge is 2.41. The van der Waals surface area contributed by atoms with E-state index in [1.54, 1.807) is 0 Å². The van der Waals surface area contributed by atoms with Crippen LogP contribution < -0.4 is 9.47 Å². The Hall–Kier alpha value is -2.45. The molecule has 0 bridgehead atoms. The van der Waals surface area contributed by atoms with E-state index < -0.39 is 46.5 Å². The minimum Gasteiger partial charge on any atom is -0.493 e. The first-order valence-electron chi connectivity index (χ1n) is 14.9. The van der Waals surface area contributed by atoms with Crippen LogP contribution in [-0.4, -0.2) is 6.61 Å². The number of rotatable bonds is 21. The van der Waals surface area contributed by atoms with Gasteiger partial charge in [-0.15, -0.1) is 0 Å². The van der Waals surface area contributed by atoms with E-state index in [9.17, 15) is 30.7 Å². The molecule has 1 atom stereocenters. The molecule has 0 heterocycles. The average molecular weight is 593 g/mol. The Morgan fingerprint density at radius 1 is 0.610 bits per heavy atom. The van der Waals surface area contributed by atoms with Gasteiger partial charge in [0.25, 0.3) is 0 Å². The molecule has 0 saturated heterocycles. The van der Waals surface area contributed by atoms with E-state index >= 15 is 0 Å². The lowest BCUT2D eigenvalue weighted by Crippen LogP contribution is -2.25. The predicted molar refractivity (Wildman–Crippen MR) is 147 cm³/mol. The minimum atomic E-state index is -4.63. The number of hydrogen-bond donors (Lipinski definition) is 0. The van der Waals surface area contributed by atoms with E-state index in [2.05, 4.69) is 18.6 Å². The van der Waals surface area contributed by atoms with Gasteiger partial charge < -0.3 is 9.47 Å². The fourth-order valence-corrected chi connectivity index (χ4v) is 4.79. The molecule has 2 aromatic rings. The van der Waals surface area contributed by atoms with Gasteiger partial charge in [-0.2, -0.15) is 8.78 Å². The van der Waals surface area contributed by atoms with Crippen molar-refractivity contribution in [2.24, 2.45) is 5.92 Å². The smallest absolute Gasteiger partial charge is 0.432 e. The Balaban J connectivity index is 1.64. The number of unbranched alkanes of at least 4 members (excludes halogenated alkanes) is 11. The molecule has 0 aliphatic carbocycles. The SMILES string of the molecule is CCCCCCCCCC(C)CCCCCCCCOc1cc(F)c(C(F)(F)Oc2cc(F)c(F)c(F)c2)c(F)c1. The van der Waals surface area contributed by atoms with Crippen molar-refractivity contribution in [3.05, 3.63) is 58.9 Å². The second kappa shape index (κ2) is 18.2. The van der Waals surface area contributed by atoms with Crippen LogP contribution in [0.25, 0.3) is 0 Å². The lowest BCUT2D eigenvalue weighted by atomic mass is 9.96. The van der Waals surface area contributed by atoms with Crippen molar-refractivity contribution >= 4 is 0 Å². The van der Waals surface area contributed by atoms with Gasteiger partial charge in [0.15, 0.2) is 17.5 Å². The summed E-state index contributed by atoms with van der Waals surface area (Å²) < 4.78 is 107. The lowest BCUT2D eigenvalue weighted by molar-refractivity contribution is -0.189. The summed E-state index contributed by atoms with van der Waals surface area (Å²) >= 11 is 0. The molecular formula is C32H43F7O2. The van der Waals surface area contributed by atoms with Crippen molar-refractivity contribution in [3.8, 4) is 11.5 Å². The molecule has 0 saturated carbocycles. The van der Waals surface area contributed by atoms with Gasteiger partial charge >= 0.3 is 6.11 Å². The molecule has 0 fully saturated rings. The molecule has 232 valence electrons. The maximum atomic E-state index is 14.4. The topological polar surface area (TPSA) is 18.5 Å². The third kappa shape index (κ3) is 12.5. The minimum absolute atomic E-state index is 0.151. The van der Waals surface area contributed by atoms with Crippen LogP contribution in [0.4, 0.5) is 30.7 Å². The number of ether oxygens (including phenoxy) is 2. The number of alkyl halides is 2. The van der Waals surface area contributed by atoms with Gasteiger partial charge in [0, 0.05) is 24.3 Å². The zero-order valence-electron chi connectivity index (χ0n) is 24.2. The fraction of sp³-hybridized carbons (Fsp3) is 0.625. The Morgan fingerprint density at radius 3 is 1.56 bits per heavy atom. The van der Waals surface area contributed by atoms with Crippen LogP contribution in [0.2, 0.25) is 0 Å². The van der Waals surface area contributed by atoms with Crippen molar-refractivity contribution < 1.29 is 40.2 Å². The van der Waals surface area contributed by atoms with Crippen LogP contribution in [0.1, 0.15) is 116 Å². The monoisotopic (exact) mass is 592 g/mol. The summed E-state index contributed by atoms with van der Waals surface area (Å²) in [6.07, 6.45) is 13.2. The molecule has 2 aromatic carbocycles. The van der Waals surface area contributed by atoms with Crippen LogP contribution in [0, 0.1) is 35.0 Å². The van der Waals surface area contributed by atoms with E-state index in [-0.39, 0.29) is 24.5 Å². The Labute approximate surface area is 239 Å². The summed E-state index contributed by atoms with van der Waals surface area (Å²) in [5.41, 5.74) is -1.76. The second-order valence-corrected chi connectivity index (χ2v) is 10.9. The maximum Gasteiger partial charge on any atom is 0.432 e. The molecule has 0 N–H and O–H groups in total. The molecule has 0 amide bonds. The third-order valence-electron chi connectivity index (χ3n) is 7.17. The fourth-order valence-electron chi connectivity index (χ4n) is 4.79. The number of hydrogen-bond acceptors (Lipinski definition) is 2. The van der Waals surface area contributed by atoms with E-state index in [4.69, 9.17) is 4.74 Å². The van der Waals surface area contributed by atoms with E-state index in [1.807, 2.05) is 0 Å². The van der Waals surface area contributed by atoms with Gasteiger partial charge in [0.2, 0.25) is 0 Å². The van der Waals surface area contributed by atoms with Crippen molar-refractivity contribution in [2.75, 3.05) is 6.61 Å². The second-order valence-electron chi connectivity index (χ2n) is 10.9. The summed E-state index contributed by atoms with van der Waals surface area (Å²) in [5, 5.41) is 0. The van der Waals surface area contributed by atoms with Gasteiger partial charge in [-0.25, -0.2) is 22.0 Å². The largest absolute Gasteiger partial charge is 0.493 e. The maximum absolute atomic E-state index is 14.4. The first-order valence-corrected chi connectivity index (χ1v) is 14.9. The molecular weight excluding hydrogens is 549 g/mol. The van der Waals surface area contributed by atoms with E-state index in [0.717, 1.165) is 31.6 Å². The van der Waals surface area contributed by atoms with Gasteiger partial charge in [-0.3, -0.25) is 0 Å². The summed E-state index contributed by atoms with van der Waals surface area (Å²) in [7, 11) is 0. The van der Waals surface area contributed by atoms with Gasteiger partial charge in [-0.05, 0) is 12.3 Å². The van der Waals surface area contributed by atoms with Crippen LogP contribution >= 0.6 is 0 Å². The van der Waals surface area contributed by atoms with Gasteiger partial charge in [0.1, 0.15) is 28.7 Å². The zero-order chi connectivity index (χ0) is 30.3. The normalized spacial score (nSPS) is 12.5. The molecule has 2 rings (SSSR count). The highest BCUT2D eigenvalue weighted by atomic mass is 19.3. The first kappa shape index (κ1) is 34.7. The predicted octanol–water partition coefficient (Wildman–Crippen LogP) is 11.4. The molecule has 9 heteroatoms. The first-order chi connectivity index (χ1) is 19.5. The Bertz CT molecular complexity index is 999. The van der Waals surface area contributed by atoms with Crippen LogP contribution in [0.15, 0.2) is 24.3 Å². The van der Waals surface area contributed by atoms with Crippen molar-refractivity contribution in [3.63, 3.8) is 0 Å². The van der Waals surface area contributed by atoms with Crippen LogP contribution in [0.3, 0.4) is 0 Å². The highest BCUT2D eigenvalue weighted by molar-refractivity contribution is 5.34. The molecule has 0 radical (unpaired) electrons.